The minimum atomic E-state index is 0.0204. The molecule has 0 aliphatic heterocycles. The number of hydrogen-bond acceptors (Lipinski definition) is 4. The molecule has 0 aliphatic rings. The number of para-hydroxylation sites is 1. The maximum absolute atomic E-state index is 11.7. The van der Waals surface area contributed by atoms with Gasteiger partial charge in [0.25, 0.3) is 0 Å². The maximum Gasteiger partial charge on any atom is 0.159 e. The highest BCUT2D eigenvalue weighted by Crippen LogP contribution is 2.21. The Morgan fingerprint density at radius 3 is 2.65 bits per heavy atom. The van der Waals surface area contributed by atoms with Gasteiger partial charge < -0.3 is 4.90 Å². The van der Waals surface area contributed by atoms with E-state index in [4.69, 9.17) is 4.98 Å². The second-order valence-electron chi connectivity index (χ2n) is 5.98. The Hall–Kier alpha value is -3.34. The molecule has 0 spiro atoms. The Kier molecular flexibility index (Phi) is 5.17. The molecule has 0 fully saturated rings. The number of Topliss-reactive ketones (excluding diaryl/α,β-unsaturated/α-hetero) is 1. The first-order valence-electron chi connectivity index (χ1n) is 8.32. The largest absolute Gasteiger partial charge is 0.323 e. The van der Waals surface area contributed by atoms with Crippen LogP contribution in [0, 0.1) is 0 Å². The standard InChI is InChI=1S/C21H20N4O/c1-15(26)18-8-6-9-20(13-18)25(16(2)24-22-3)14-19-12-11-17-7-4-5-10-21(17)23-19/h4-13H,3,14H2,1-2H3/b24-16-. The van der Waals surface area contributed by atoms with E-state index in [1.807, 2.05) is 60.4 Å². The van der Waals surface area contributed by atoms with Crippen molar-refractivity contribution in [2.45, 2.75) is 20.4 Å². The summed E-state index contributed by atoms with van der Waals surface area (Å²) < 4.78 is 0. The van der Waals surface area contributed by atoms with Gasteiger partial charge in [-0.25, -0.2) is 0 Å². The van der Waals surface area contributed by atoms with E-state index in [9.17, 15) is 4.79 Å². The molecule has 26 heavy (non-hydrogen) atoms. The summed E-state index contributed by atoms with van der Waals surface area (Å²) in [5.74, 6) is 0.697. The minimum absolute atomic E-state index is 0.0204. The van der Waals surface area contributed by atoms with Crippen molar-refractivity contribution in [3.63, 3.8) is 0 Å². The molecule has 1 aromatic heterocycles. The first kappa shape index (κ1) is 17.5. The fraction of sp³-hybridized carbons (Fsp3) is 0.143. The van der Waals surface area contributed by atoms with E-state index in [1.165, 1.54) is 0 Å². The Balaban J connectivity index is 2.00. The van der Waals surface area contributed by atoms with Crippen molar-refractivity contribution >= 4 is 34.9 Å². The Bertz CT molecular complexity index is 994. The summed E-state index contributed by atoms with van der Waals surface area (Å²) in [6.45, 7) is 7.36. The lowest BCUT2D eigenvalue weighted by atomic mass is 10.1. The summed E-state index contributed by atoms with van der Waals surface area (Å²) in [4.78, 5) is 18.4. The van der Waals surface area contributed by atoms with Crippen LogP contribution in [-0.4, -0.2) is 23.3 Å². The molecular formula is C21H20N4O. The highest BCUT2D eigenvalue weighted by atomic mass is 16.1. The van der Waals surface area contributed by atoms with Crippen LogP contribution in [0.4, 0.5) is 5.69 Å². The monoisotopic (exact) mass is 344 g/mol. The van der Waals surface area contributed by atoms with Gasteiger partial charge in [0, 0.05) is 23.4 Å². The van der Waals surface area contributed by atoms with Crippen LogP contribution in [0.2, 0.25) is 0 Å². The second-order valence-corrected chi connectivity index (χ2v) is 5.98. The average molecular weight is 344 g/mol. The number of ketones is 1. The molecule has 0 amide bonds. The van der Waals surface area contributed by atoms with Gasteiger partial charge in [-0.1, -0.05) is 36.4 Å². The number of aromatic nitrogens is 1. The summed E-state index contributed by atoms with van der Waals surface area (Å²) in [5.41, 5.74) is 3.35. The van der Waals surface area contributed by atoms with Gasteiger partial charge in [-0.3, -0.25) is 9.78 Å². The smallest absolute Gasteiger partial charge is 0.159 e. The van der Waals surface area contributed by atoms with Crippen LogP contribution < -0.4 is 4.90 Å². The molecule has 0 aliphatic carbocycles. The summed E-state index contributed by atoms with van der Waals surface area (Å²) >= 11 is 0. The Morgan fingerprint density at radius 2 is 1.88 bits per heavy atom. The third-order valence-corrected chi connectivity index (χ3v) is 4.15. The number of amidine groups is 1. The molecule has 0 unspecified atom stereocenters. The Morgan fingerprint density at radius 1 is 1.08 bits per heavy atom. The number of carbonyl (C=O) groups is 1. The van der Waals surface area contributed by atoms with Crippen LogP contribution in [0.3, 0.4) is 0 Å². The van der Waals surface area contributed by atoms with Gasteiger partial charge >= 0.3 is 0 Å². The van der Waals surface area contributed by atoms with E-state index in [0.29, 0.717) is 17.9 Å². The van der Waals surface area contributed by atoms with Crippen molar-refractivity contribution in [2.75, 3.05) is 4.90 Å². The molecule has 2 aromatic carbocycles. The molecule has 130 valence electrons. The van der Waals surface area contributed by atoms with Crippen LogP contribution in [0.15, 0.2) is 70.9 Å². The number of benzene rings is 2. The number of pyridine rings is 1. The van der Waals surface area contributed by atoms with Crippen molar-refractivity contribution in [3.05, 3.63) is 71.9 Å². The third-order valence-electron chi connectivity index (χ3n) is 4.15. The van der Waals surface area contributed by atoms with Crippen molar-refractivity contribution in [1.82, 2.24) is 4.98 Å². The summed E-state index contributed by atoms with van der Waals surface area (Å²) in [5, 5.41) is 8.81. The second kappa shape index (κ2) is 7.70. The van der Waals surface area contributed by atoms with Gasteiger partial charge in [-0.15, -0.1) is 5.10 Å². The molecule has 0 atom stereocenters. The zero-order chi connectivity index (χ0) is 18.5. The molecule has 0 radical (unpaired) electrons. The lowest BCUT2D eigenvalue weighted by molar-refractivity contribution is 0.101. The maximum atomic E-state index is 11.7. The van der Waals surface area contributed by atoms with Crippen LogP contribution in [0.5, 0.6) is 0 Å². The fourth-order valence-electron chi connectivity index (χ4n) is 2.80. The first-order chi connectivity index (χ1) is 12.6. The normalized spacial score (nSPS) is 11.4. The molecule has 5 heteroatoms. The van der Waals surface area contributed by atoms with Gasteiger partial charge in [-0.2, -0.15) is 5.10 Å². The predicted molar refractivity (Wildman–Crippen MR) is 107 cm³/mol. The number of anilines is 1. The number of carbonyl (C=O) groups excluding carboxylic acids is 1. The van der Waals surface area contributed by atoms with Crippen LogP contribution in [-0.2, 0) is 6.54 Å². The molecule has 5 nitrogen and oxygen atoms in total. The van der Waals surface area contributed by atoms with Gasteiger partial charge in [0.05, 0.1) is 17.8 Å². The highest BCUT2D eigenvalue weighted by Gasteiger charge is 2.14. The molecule has 3 rings (SSSR count). The zero-order valence-corrected chi connectivity index (χ0v) is 14.9. The Labute approximate surface area is 152 Å². The van der Waals surface area contributed by atoms with Crippen LogP contribution in [0.25, 0.3) is 10.9 Å². The van der Waals surface area contributed by atoms with Gasteiger partial charge in [0.1, 0.15) is 5.84 Å². The van der Waals surface area contributed by atoms with E-state index in [-0.39, 0.29) is 5.78 Å². The van der Waals surface area contributed by atoms with Crippen LogP contribution in [0.1, 0.15) is 29.9 Å². The number of hydrogen-bond donors (Lipinski definition) is 0. The average Bonchev–Trinajstić information content (AvgIpc) is 2.66. The van der Waals surface area contributed by atoms with Crippen molar-refractivity contribution in [2.24, 2.45) is 10.2 Å². The molecular weight excluding hydrogens is 324 g/mol. The predicted octanol–water partition coefficient (Wildman–Crippen LogP) is 4.48. The van der Waals surface area contributed by atoms with E-state index in [2.05, 4.69) is 23.0 Å². The molecule has 0 saturated heterocycles. The quantitative estimate of drug-likeness (QED) is 0.297. The minimum Gasteiger partial charge on any atom is -0.323 e. The van der Waals surface area contributed by atoms with E-state index >= 15 is 0 Å². The van der Waals surface area contributed by atoms with Crippen molar-refractivity contribution in [1.29, 1.82) is 0 Å². The van der Waals surface area contributed by atoms with E-state index < -0.39 is 0 Å². The fourth-order valence-corrected chi connectivity index (χ4v) is 2.80. The zero-order valence-electron chi connectivity index (χ0n) is 14.9. The van der Waals surface area contributed by atoms with E-state index in [0.717, 1.165) is 22.3 Å². The topological polar surface area (TPSA) is 57.9 Å². The summed E-state index contributed by atoms with van der Waals surface area (Å²) in [6.07, 6.45) is 0. The van der Waals surface area contributed by atoms with Gasteiger partial charge in [0.15, 0.2) is 5.78 Å². The molecule has 0 saturated carbocycles. The highest BCUT2D eigenvalue weighted by molar-refractivity contribution is 5.99. The van der Waals surface area contributed by atoms with Crippen LogP contribution >= 0.6 is 0 Å². The van der Waals surface area contributed by atoms with E-state index in [1.54, 1.807) is 13.0 Å². The molecule has 1 heterocycles. The van der Waals surface area contributed by atoms with Gasteiger partial charge in [0.2, 0.25) is 0 Å². The number of fused-ring (bicyclic) bond motifs is 1. The SMILES string of the molecule is C=N/N=C(/C)N(Cc1ccc2ccccc2n1)c1cccc(C(C)=O)c1. The van der Waals surface area contributed by atoms with Crippen molar-refractivity contribution < 1.29 is 4.79 Å². The molecule has 0 N–H and O–H groups in total. The van der Waals surface area contributed by atoms with Crippen molar-refractivity contribution in [3.8, 4) is 0 Å². The summed E-state index contributed by atoms with van der Waals surface area (Å²) in [6, 6.07) is 19.5. The number of rotatable bonds is 5. The lowest BCUT2D eigenvalue weighted by Crippen LogP contribution is -2.28. The molecule has 3 aromatic rings. The van der Waals surface area contributed by atoms with Gasteiger partial charge in [-0.05, 0) is 38.1 Å². The third kappa shape index (κ3) is 3.83. The lowest BCUT2D eigenvalue weighted by Gasteiger charge is -2.24. The molecule has 0 bridgehead atoms. The first-order valence-corrected chi connectivity index (χ1v) is 8.32. The summed E-state index contributed by atoms with van der Waals surface area (Å²) in [7, 11) is 0. The number of nitrogens with zero attached hydrogens (tertiary/aromatic N) is 4.